The van der Waals surface area contributed by atoms with E-state index in [1.54, 1.807) is 7.11 Å². The van der Waals surface area contributed by atoms with Gasteiger partial charge in [0.15, 0.2) is 0 Å². The first-order chi connectivity index (χ1) is 9.20. The van der Waals surface area contributed by atoms with Gasteiger partial charge in [0.25, 0.3) is 0 Å². The van der Waals surface area contributed by atoms with E-state index in [0.29, 0.717) is 0 Å². The molecule has 1 unspecified atom stereocenters. The predicted octanol–water partition coefficient (Wildman–Crippen LogP) is 4.88. The van der Waals surface area contributed by atoms with E-state index in [1.807, 2.05) is 0 Å². The molecule has 0 spiro atoms. The van der Waals surface area contributed by atoms with Gasteiger partial charge in [0, 0.05) is 18.2 Å². The first kappa shape index (κ1) is 13.2. The molecule has 0 saturated carbocycles. The van der Waals surface area contributed by atoms with E-state index in [9.17, 15) is 0 Å². The van der Waals surface area contributed by atoms with Crippen LogP contribution < -0.4 is 0 Å². The molecule has 0 fully saturated rings. The van der Waals surface area contributed by atoms with Crippen molar-refractivity contribution >= 4 is 22.6 Å². The number of benzene rings is 1. The topological polar surface area (TPSA) is 22.4 Å². The summed E-state index contributed by atoms with van der Waals surface area (Å²) in [6, 6.07) is 8.51. The maximum atomic E-state index is 6.13. The monoisotopic (exact) mass is 368 g/mol. The van der Waals surface area contributed by atoms with E-state index in [0.717, 1.165) is 29.9 Å². The zero-order valence-electron chi connectivity index (χ0n) is 11.2. The van der Waals surface area contributed by atoms with Crippen molar-refractivity contribution in [2.24, 2.45) is 0 Å². The maximum Gasteiger partial charge on any atom is 0.148 e. The summed E-state index contributed by atoms with van der Waals surface area (Å²) >= 11 is 2.41. The van der Waals surface area contributed by atoms with Crippen molar-refractivity contribution < 1.29 is 9.15 Å². The van der Waals surface area contributed by atoms with Gasteiger partial charge in [-0.3, -0.25) is 0 Å². The second-order valence-corrected chi connectivity index (χ2v) is 6.15. The lowest BCUT2D eigenvalue weighted by Crippen LogP contribution is -2.09. The smallest absolute Gasteiger partial charge is 0.148 e. The van der Waals surface area contributed by atoms with Gasteiger partial charge in [0.2, 0.25) is 0 Å². The third kappa shape index (κ3) is 2.34. The lowest BCUT2D eigenvalue weighted by Gasteiger charge is -2.19. The molecule has 0 radical (unpaired) electrons. The fourth-order valence-corrected chi connectivity index (χ4v) is 3.62. The summed E-state index contributed by atoms with van der Waals surface area (Å²) in [6.45, 7) is 2.10. The van der Waals surface area contributed by atoms with Crippen LogP contribution in [0.5, 0.6) is 0 Å². The maximum absolute atomic E-state index is 6.13. The van der Waals surface area contributed by atoms with Gasteiger partial charge in [-0.2, -0.15) is 0 Å². The number of halogens is 1. The second kappa shape index (κ2) is 5.29. The molecule has 3 heteroatoms. The van der Waals surface area contributed by atoms with E-state index in [-0.39, 0.29) is 6.10 Å². The van der Waals surface area contributed by atoms with Gasteiger partial charge in [-0.1, -0.05) is 29.8 Å². The van der Waals surface area contributed by atoms with Gasteiger partial charge in [-0.15, -0.1) is 0 Å². The molecule has 1 heterocycles. The Labute approximate surface area is 127 Å². The lowest BCUT2D eigenvalue weighted by molar-refractivity contribution is 0.0691. The van der Waals surface area contributed by atoms with E-state index >= 15 is 0 Å². The highest BCUT2D eigenvalue weighted by atomic mass is 127. The molecule has 2 nitrogen and oxygen atoms in total. The quantitative estimate of drug-likeness (QED) is 0.705. The van der Waals surface area contributed by atoms with Crippen LogP contribution in [0.4, 0.5) is 0 Å². The van der Waals surface area contributed by atoms with Crippen molar-refractivity contribution in [3.05, 3.63) is 44.7 Å². The Hall–Kier alpha value is -0.810. The van der Waals surface area contributed by atoms with Crippen LogP contribution in [0, 0.1) is 10.5 Å². The molecule has 19 heavy (non-hydrogen) atoms. The van der Waals surface area contributed by atoms with Crippen molar-refractivity contribution in [3.8, 4) is 11.3 Å². The molecule has 1 aliphatic rings. The molecule has 100 valence electrons. The van der Waals surface area contributed by atoms with Gasteiger partial charge in [-0.05, 0) is 48.8 Å². The molecule has 0 aliphatic heterocycles. The SMILES string of the molecule is COC1CCCc2c1oc(-c1ccc(C)cc1)c2I. The second-order valence-electron chi connectivity index (χ2n) is 5.07. The molecular formula is C16H17IO2. The Balaban J connectivity index is 2.08. The molecule has 0 bridgehead atoms. The van der Waals surface area contributed by atoms with Crippen molar-refractivity contribution in [1.82, 2.24) is 0 Å². The molecule has 1 aromatic heterocycles. The highest BCUT2D eigenvalue weighted by Gasteiger charge is 2.28. The first-order valence-electron chi connectivity index (χ1n) is 6.61. The fourth-order valence-electron chi connectivity index (χ4n) is 2.67. The molecule has 0 amide bonds. The minimum Gasteiger partial charge on any atom is -0.457 e. The van der Waals surface area contributed by atoms with Crippen LogP contribution in [0.3, 0.4) is 0 Å². The van der Waals surface area contributed by atoms with E-state index in [2.05, 4.69) is 53.8 Å². The van der Waals surface area contributed by atoms with E-state index < -0.39 is 0 Å². The minimum atomic E-state index is 0.122. The number of aryl methyl sites for hydroxylation is 1. The zero-order chi connectivity index (χ0) is 13.4. The highest BCUT2D eigenvalue weighted by Crippen LogP contribution is 2.41. The minimum absolute atomic E-state index is 0.122. The Morgan fingerprint density at radius 3 is 2.68 bits per heavy atom. The zero-order valence-corrected chi connectivity index (χ0v) is 13.4. The van der Waals surface area contributed by atoms with Crippen LogP contribution in [-0.4, -0.2) is 7.11 Å². The summed E-state index contributed by atoms with van der Waals surface area (Å²) in [5, 5.41) is 0. The van der Waals surface area contributed by atoms with Gasteiger partial charge in [-0.25, -0.2) is 0 Å². The molecule has 0 saturated heterocycles. The van der Waals surface area contributed by atoms with E-state index in [1.165, 1.54) is 21.1 Å². The predicted molar refractivity (Wildman–Crippen MR) is 84.3 cm³/mol. The highest BCUT2D eigenvalue weighted by molar-refractivity contribution is 14.1. The number of hydrogen-bond acceptors (Lipinski definition) is 2. The van der Waals surface area contributed by atoms with Crippen LogP contribution in [0.2, 0.25) is 0 Å². The number of hydrogen-bond donors (Lipinski definition) is 0. The van der Waals surface area contributed by atoms with E-state index in [4.69, 9.17) is 9.15 Å². The lowest BCUT2D eigenvalue weighted by atomic mass is 9.96. The number of furan rings is 1. The Morgan fingerprint density at radius 1 is 1.26 bits per heavy atom. The molecule has 1 atom stereocenters. The van der Waals surface area contributed by atoms with Gasteiger partial charge in [0.05, 0.1) is 3.57 Å². The summed E-state index contributed by atoms with van der Waals surface area (Å²) in [4.78, 5) is 0. The molecule has 3 rings (SSSR count). The molecule has 0 N–H and O–H groups in total. The largest absolute Gasteiger partial charge is 0.457 e. The van der Waals surface area contributed by atoms with Gasteiger partial charge >= 0.3 is 0 Å². The van der Waals surface area contributed by atoms with Gasteiger partial charge < -0.3 is 9.15 Å². The first-order valence-corrected chi connectivity index (χ1v) is 7.69. The Morgan fingerprint density at radius 2 is 2.00 bits per heavy atom. The van der Waals surface area contributed by atoms with Crippen molar-refractivity contribution in [1.29, 1.82) is 0 Å². The average molecular weight is 368 g/mol. The normalized spacial score (nSPS) is 18.4. The third-order valence-corrected chi connectivity index (χ3v) is 4.90. The Bertz CT molecular complexity index is 584. The number of methoxy groups -OCH3 is 1. The van der Waals surface area contributed by atoms with Crippen molar-refractivity contribution in [2.45, 2.75) is 32.3 Å². The molecule has 1 aliphatic carbocycles. The van der Waals surface area contributed by atoms with Crippen LogP contribution >= 0.6 is 22.6 Å². The molecular weight excluding hydrogens is 351 g/mol. The van der Waals surface area contributed by atoms with Gasteiger partial charge in [0.1, 0.15) is 17.6 Å². The summed E-state index contributed by atoms with van der Waals surface area (Å²) in [7, 11) is 1.76. The standard InChI is InChI=1S/C16H17IO2/c1-10-6-8-11(9-7-10)15-14(17)12-4-3-5-13(18-2)16(12)19-15/h6-9,13H,3-5H2,1-2H3. The molecule has 2 aromatic rings. The third-order valence-electron chi connectivity index (χ3n) is 3.76. The Kier molecular flexibility index (Phi) is 3.67. The summed E-state index contributed by atoms with van der Waals surface area (Å²) in [6.07, 6.45) is 3.45. The fraction of sp³-hybridized carbons (Fsp3) is 0.375. The number of rotatable bonds is 2. The van der Waals surface area contributed by atoms with Crippen LogP contribution in [-0.2, 0) is 11.2 Å². The van der Waals surface area contributed by atoms with Crippen LogP contribution in [0.25, 0.3) is 11.3 Å². The summed E-state index contributed by atoms with van der Waals surface area (Å²) in [5.74, 6) is 2.03. The van der Waals surface area contributed by atoms with Crippen molar-refractivity contribution in [2.75, 3.05) is 7.11 Å². The number of fused-ring (bicyclic) bond motifs is 1. The van der Waals surface area contributed by atoms with Crippen LogP contribution in [0.15, 0.2) is 28.7 Å². The molecule has 1 aromatic carbocycles. The van der Waals surface area contributed by atoms with Crippen LogP contribution in [0.1, 0.15) is 35.8 Å². The number of ether oxygens (including phenoxy) is 1. The summed E-state index contributed by atoms with van der Waals surface area (Å²) < 4.78 is 12.9. The average Bonchev–Trinajstić information content (AvgIpc) is 2.77. The summed E-state index contributed by atoms with van der Waals surface area (Å²) in [5.41, 5.74) is 3.76. The van der Waals surface area contributed by atoms with Crippen molar-refractivity contribution in [3.63, 3.8) is 0 Å².